The van der Waals surface area contributed by atoms with Crippen molar-refractivity contribution < 1.29 is 0 Å². The van der Waals surface area contributed by atoms with Crippen LogP contribution in [0.5, 0.6) is 0 Å². The molecule has 1 aromatic rings. The molecule has 17 heavy (non-hydrogen) atoms. The molecule has 1 heteroatoms. The Labute approximate surface area is 106 Å². The van der Waals surface area contributed by atoms with Gasteiger partial charge in [-0.2, -0.15) is 0 Å². The van der Waals surface area contributed by atoms with Crippen LogP contribution in [0.4, 0.5) is 0 Å². The Morgan fingerprint density at radius 2 is 1.88 bits per heavy atom. The number of nitrogens with one attached hydrogen (secondary N) is 1. The monoisotopic (exact) mass is 231 g/mol. The molecule has 1 aromatic carbocycles. The summed E-state index contributed by atoms with van der Waals surface area (Å²) in [6.07, 6.45) is 3.84. The van der Waals surface area contributed by atoms with Gasteiger partial charge < -0.3 is 5.32 Å². The van der Waals surface area contributed by atoms with Crippen molar-refractivity contribution in [3.63, 3.8) is 0 Å². The van der Waals surface area contributed by atoms with Gasteiger partial charge >= 0.3 is 0 Å². The highest BCUT2D eigenvalue weighted by molar-refractivity contribution is 5.41. The van der Waals surface area contributed by atoms with Gasteiger partial charge in [0.25, 0.3) is 0 Å². The third-order valence-corrected chi connectivity index (χ3v) is 4.32. The van der Waals surface area contributed by atoms with E-state index in [1.54, 1.807) is 11.1 Å². The Morgan fingerprint density at radius 3 is 2.47 bits per heavy atom. The first-order valence-electron chi connectivity index (χ1n) is 7.12. The van der Waals surface area contributed by atoms with Crippen LogP contribution in [-0.2, 0) is 6.42 Å². The fourth-order valence-electron chi connectivity index (χ4n) is 3.29. The summed E-state index contributed by atoms with van der Waals surface area (Å²) in [4.78, 5) is 0. The second-order valence-corrected chi connectivity index (χ2v) is 5.17. The maximum absolute atomic E-state index is 3.73. The fraction of sp³-hybridized carbons (Fsp3) is 0.625. The SMILES string of the molecule is CCNC(C(CC)CC)C1Cc2ccccc21. The van der Waals surface area contributed by atoms with Gasteiger partial charge in [0, 0.05) is 12.0 Å². The lowest BCUT2D eigenvalue weighted by atomic mass is 9.69. The lowest BCUT2D eigenvalue weighted by molar-refractivity contribution is 0.277. The molecule has 0 spiro atoms. The highest BCUT2D eigenvalue weighted by Gasteiger charge is 2.35. The van der Waals surface area contributed by atoms with Gasteiger partial charge in [-0.05, 0) is 30.0 Å². The molecule has 0 aromatic heterocycles. The topological polar surface area (TPSA) is 12.0 Å². The molecule has 0 radical (unpaired) electrons. The van der Waals surface area contributed by atoms with E-state index in [0.717, 1.165) is 18.4 Å². The first-order chi connectivity index (χ1) is 8.31. The zero-order valence-corrected chi connectivity index (χ0v) is 11.4. The van der Waals surface area contributed by atoms with Crippen LogP contribution in [0.2, 0.25) is 0 Å². The van der Waals surface area contributed by atoms with Crippen LogP contribution in [0.15, 0.2) is 24.3 Å². The summed E-state index contributed by atoms with van der Waals surface area (Å²) >= 11 is 0. The van der Waals surface area contributed by atoms with E-state index in [9.17, 15) is 0 Å². The van der Waals surface area contributed by atoms with Crippen molar-refractivity contribution in [1.82, 2.24) is 5.32 Å². The second-order valence-electron chi connectivity index (χ2n) is 5.17. The lowest BCUT2D eigenvalue weighted by Gasteiger charge is -2.40. The van der Waals surface area contributed by atoms with Crippen LogP contribution < -0.4 is 5.32 Å². The van der Waals surface area contributed by atoms with Crippen LogP contribution in [0.3, 0.4) is 0 Å². The van der Waals surface area contributed by atoms with E-state index in [-0.39, 0.29) is 0 Å². The van der Waals surface area contributed by atoms with Gasteiger partial charge in [-0.25, -0.2) is 0 Å². The standard InChI is InChI=1S/C16H25N/c1-4-12(5-2)16(17-6-3)15-11-13-9-7-8-10-14(13)15/h7-10,12,15-17H,4-6,11H2,1-3H3. The van der Waals surface area contributed by atoms with Crippen LogP contribution in [0.25, 0.3) is 0 Å². The summed E-state index contributed by atoms with van der Waals surface area (Å²) in [7, 11) is 0. The number of benzene rings is 1. The van der Waals surface area contributed by atoms with E-state index in [1.807, 2.05) is 0 Å². The number of rotatable bonds is 6. The minimum atomic E-state index is 0.671. The third-order valence-electron chi connectivity index (χ3n) is 4.32. The quantitative estimate of drug-likeness (QED) is 0.786. The Bertz CT molecular complexity index is 354. The smallest absolute Gasteiger partial charge is 0.0167 e. The van der Waals surface area contributed by atoms with E-state index < -0.39 is 0 Å². The first kappa shape index (κ1) is 12.6. The number of likely N-dealkylation sites (N-methyl/N-ethyl adjacent to an activating group) is 1. The number of hydrogen-bond acceptors (Lipinski definition) is 1. The summed E-state index contributed by atoms with van der Waals surface area (Å²) in [6.45, 7) is 7.95. The molecule has 0 bridgehead atoms. The minimum Gasteiger partial charge on any atom is -0.313 e. The first-order valence-corrected chi connectivity index (χ1v) is 7.12. The van der Waals surface area contributed by atoms with E-state index in [0.29, 0.717) is 6.04 Å². The molecule has 0 amide bonds. The highest BCUT2D eigenvalue weighted by Crippen LogP contribution is 2.40. The van der Waals surface area contributed by atoms with E-state index in [1.165, 1.54) is 19.3 Å². The lowest BCUT2D eigenvalue weighted by Crippen LogP contribution is -2.44. The average molecular weight is 231 g/mol. The van der Waals surface area contributed by atoms with Crippen LogP contribution in [-0.4, -0.2) is 12.6 Å². The van der Waals surface area contributed by atoms with Crippen molar-refractivity contribution in [3.05, 3.63) is 35.4 Å². The van der Waals surface area contributed by atoms with Gasteiger partial charge in [-0.15, -0.1) is 0 Å². The molecule has 1 aliphatic carbocycles. The summed E-state index contributed by atoms with van der Waals surface area (Å²) in [5.74, 6) is 1.56. The molecule has 1 nitrogen and oxygen atoms in total. The zero-order chi connectivity index (χ0) is 12.3. The maximum atomic E-state index is 3.73. The van der Waals surface area contributed by atoms with Crippen molar-refractivity contribution >= 4 is 0 Å². The number of hydrogen-bond donors (Lipinski definition) is 1. The normalized spacial score (nSPS) is 19.9. The molecule has 2 unspecified atom stereocenters. The van der Waals surface area contributed by atoms with Crippen molar-refractivity contribution in [2.24, 2.45) is 5.92 Å². The Kier molecular flexibility index (Phi) is 4.22. The Morgan fingerprint density at radius 1 is 1.18 bits per heavy atom. The van der Waals surface area contributed by atoms with E-state index in [4.69, 9.17) is 0 Å². The van der Waals surface area contributed by atoms with Gasteiger partial charge in [-0.1, -0.05) is 57.9 Å². The Balaban J connectivity index is 2.14. The van der Waals surface area contributed by atoms with Crippen molar-refractivity contribution in [1.29, 1.82) is 0 Å². The molecule has 0 saturated carbocycles. The molecular formula is C16H25N. The third kappa shape index (κ3) is 2.40. The summed E-state index contributed by atoms with van der Waals surface area (Å²) < 4.78 is 0. The molecule has 0 aliphatic heterocycles. The summed E-state index contributed by atoms with van der Waals surface area (Å²) in [5.41, 5.74) is 3.15. The molecular weight excluding hydrogens is 206 g/mol. The van der Waals surface area contributed by atoms with Crippen LogP contribution in [0.1, 0.15) is 50.7 Å². The van der Waals surface area contributed by atoms with Crippen molar-refractivity contribution in [2.45, 2.75) is 52.0 Å². The van der Waals surface area contributed by atoms with Crippen LogP contribution in [0, 0.1) is 5.92 Å². The van der Waals surface area contributed by atoms with E-state index >= 15 is 0 Å². The molecule has 0 heterocycles. The van der Waals surface area contributed by atoms with Gasteiger partial charge in [-0.3, -0.25) is 0 Å². The Hall–Kier alpha value is -0.820. The minimum absolute atomic E-state index is 0.671. The van der Waals surface area contributed by atoms with Gasteiger partial charge in [0.1, 0.15) is 0 Å². The summed E-state index contributed by atoms with van der Waals surface area (Å²) in [6, 6.07) is 9.61. The predicted octanol–water partition coefficient (Wildman–Crippen LogP) is 3.74. The van der Waals surface area contributed by atoms with E-state index in [2.05, 4.69) is 50.4 Å². The average Bonchev–Trinajstić information content (AvgIpc) is 2.32. The maximum Gasteiger partial charge on any atom is 0.0167 e. The van der Waals surface area contributed by atoms with Crippen LogP contribution >= 0.6 is 0 Å². The van der Waals surface area contributed by atoms with Gasteiger partial charge in [0.15, 0.2) is 0 Å². The highest BCUT2D eigenvalue weighted by atomic mass is 14.9. The van der Waals surface area contributed by atoms with Crippen molar-refractivity contribution in [3.8, 4) is 0 Å². The number of fused-ring (bicyclic) bond motifs is 1. The van der Waals surface area contributed by atoms with Gasteiger partial charge in [0.05, 0.1) is 0 Å². The molecule has 0 saturated heterocycles. The fourth-order valence-corrected chi connectivity index (χ4v) is 3.29. The molecule has 1 aliphatic rings. The predicted molar refractivity (Wildman–Crippen MR) is 74.4 cm³/mol. The second kappa shape index (κ2) is 5.68. The van der Waals surface area contributed by atoms with Gasteiger partial charge in [0.2, 0.25) is 0 Å². The summed E-state index contributed by atoms with van der Waals surface area (Å²) in [5, 5.41) is 3.73. The zero-order valence-electron chi connectivity index (χ0n) is 11.4. The molecule has 1 N–H and O–H groups in total. The van der Waals surface area contributed by atoms with Crippen molar-refractivity contribution in [2.75, 3.05) is 6.54 Å². The molecule has 0 fully saturated rings. The molecule has 2 rings (SSSR count). The largest absolute Gasteiger partial charge is 0.313 e. The molecule has 2 atom stereocenters. The molecule has 94 valence electrons.